The molecule has 0 aromatic heterocycles. The van der Waals surface area contributed by atoms with Crippen molar-refractivity contribution in [3.63, 3.8) is 0 Å². The Morgan fingerprint density at radius 2 is 0.811 bits per heavy atom. The highest BCUT2D eigenvalue weighted by Crippen LogP contribution is 2.40. The van der Waals surface area contributed by atoms with Gasteiger partial charge in [-0.1, -0.05) is 6.07 Å². The maximum Gasteiger partial charge on any atom is 0.126 e. The van der Waals surface area contributed by atoms with Crippen molar-refractivity contribution in [1.82, 2.24) is 0 Å². The molecule has 37 heavy (non-hydrogen) atoms. The first-order valence-electron chi connectivity index (χ1n) is 11.8. The zero-order chi connectivity index (χ0) is 26.9. The highest BCUT2D eigenvalue weighted by Gasteiger charge is 2.24. The maximum atomic E-state index is 10.8. The SMILES string of the molecule is COCc1cc(C(c2cc(COC)c(O)c(COC)c2)c2cc(COC)c(O)c(COC)c2)ccc1O. The number of benzene rings is 3. The summed E-state index contributed by atoms with van der Waals surface area (Å²) in [5, 5.41) is 32.1. The summed E-state index contributed by atoms with van der Waals surface area (Å²) in [5.74, 6) is 0.0570. The summed E-state index contributed by atoms with van der Waals surface area (Å²) in [5.41, 5.74) is 5.79. The molecule has 3 aromatic rings. The van der Waals surface area contributed by atoms with Crippen molar-refractivity contribution < 1.29 is 39.0 Å². The van der Waals surface area contributed by atoms with Crippen LogP contribution in [0, 0.1) is 0 Å². The fourth-order valence-corrected chi connectivity index (χ4v) is 4.60. The highest BCUT2D eigenvalue weighted by molar-refractivity contribution is 5.55. The first-order chi connectivity index (χ1) is 17.9. The van der Waals surface area contributed by atoms with Gasteiger partial charge in [0, 0.05) is 69.3 Å². The molecule has 0 saturated heterocycles. The van der Waals surface area contributed by atoms with E-state index in [9.17, 15) is 15.3 Å². The smallest absolute Gasteiger partial charge is 0.126 e. The van der Waals surface area contributed by atoms with Gasteiger partial charge in [0.05, 0.1) is 33.0 Å². The minimum Gasteiger partial charge on any atom is -0.508 e. The Hall–Kier alpha value is -3.14. The molecule has 0 radical (unpaired) electrons. The molecule has 0 saturated carbocycles. The predicted octanol–water partition coefficient (Wildman–Crippen LogP) is 4.72. The molecular weight excluding hydrogens is 476 g/mol. The summed E-state index contributed by atoms with van der Waals surface area (Å²) in [7, 11) is 7.87. The van der Waals surface area contributed by atoms with E-state index < -0.39 is 0 Å². The third-order valence-corrected chi connectivity index (χ3v) is 6.18. The van der Waals surface area contributed by atoms with Crippen LogP contribution in [-0.4, -0.2) is 50.9 Å². The summed E-state index contributed by atoms with van der Waals surface area (Å²) < 4.78 is 26.7. The Bertz CT molecular complexity index is 1070. The molecule has 0 unspecified atom stereocenters. The van der Waals surface area contributed by atoms with E-state index in [1.54, 1.807) is 41.6 Å². The van der Waals surface area contributed by atoms with Gasteiger partial charge in [-0.15, -0.1) is 0 Å². The number of rotatable bonds is 13. The first kappa shape index (κ1) is 28.4. The van der Waals surface area contributed by atoms with E-state index in [0.717, 1.165) is 16.7 Å². The minimum atomic E-state index is -0.338. The second-order valence-electron chi connectivity index (χ2n) is 8.86. The Balaban J connectivity index is 2.34. The number of phenols is 3. The number of ether oxygens (including phenoxy) is 5. The van der Waals surface area contributed by atoms with Crippen LogP contribution < -0.4 is 0 Å². The Morgan fingerprint density at radius 3 is 1.16 bits per heavy atom. The second kappa shape index (κ2) is 13.4. The lowest BCUT2D eigenvalue weighted by molar-refractivity contribution is 0.174. The molecule has 0 spiro atoms. The lowest BCUT2D eigenvalue weighted by atomic mass is 9.81. The number of phenolic OH excluding ortho intramolecular Hbond substituents is 3. The molecule has 0 atom stereocenters. The van der Waals surface area contributed by atoms with Gasteiger partial charge in [-0.3, -0.25) is 0 Å². The third-order valence-electron chi connectivity index (χ3n) is 6.18. The summed E-state index contributed by atoms with van der Waals surface area (Å²) >= 11 is 0. The average molecular weight is 513 g/mol. The van der Waals surface area contributed by atoms with Crippen LogP contribution in [0.25, 0.3) is 0 Å². The molecule has 8 heteroatoms. The molecule has 8 nitrogen and oxygen atoms in total. The molecule has 0 aliphatic heterocycles. The highest BCUT2D eigenvalue weighted by atomic mass is 16.5. The molecule has 0 aliphatic carbocycles. The van der Waals surface area contributed by atoms with Crippen molar-refractivity contribution in [1.29, 1.82) is 0 Å². The van der Waals surface area contributed by atoms with Gasteiger partial charge in [-0.25, -0.2) is 0 Å². The number of hydrogen-bond acceptors (Lipinski definition) is 8. The molecule has 0 aliphatic rings. The van der Waals surface area contributed by atoms with Crippen LogP contribution in [0.15, 0.2) is 42.5 Å². The largest absolute Gasteiger partial charge is 0.508 e. The molecular formula is C29H36O8. The van der Waals surface area contributed by atoms with E-state index in [-0.39, 0.29) is 56.2 Å². The van der Waals surface area contributed by atoms with Crippen LogP contribution in [0.3, 0.4) is 0 Å². The Kier molecular flexibility index (Phi) is 10.3. The van der Waals surface area contributed by atoms with Crippen LogP contribution in [0.2, 0.25) is 0 Å². The van der Waals surface area contributed by atoms with E-state index in [1.165, 1.54) is 0 Å². The van der Waals surface area contributed by atoms with Gasteiger partial charge in [0.1, 0.15) is 17.2 Å². The van der Waals surface area contributed by atoms with Gasteiger partial charge in [-0.05, 0) is 53.1 Å². The monoisotopic (exact) mass is 512 g/mol. The molecule has 200 valence electrons. The van der Waals surface area contributed by atoms with Gasteiger partial charge in [0.25, 0.3) is 0 Å². The Morgan fingerprint density at radius 1 is 0.486 bits per heavy atom. The molecule has 3 rings (SSSR count). The van der Waals surface area contributed by atoms with Gasteiger partial charge < -0.3 is 39.0 Å². The number of aromatic hydroxyl groups is 3. The van der Waals surface area contributed by atoms with Crippen molar-refractivity contribution >= 4 is 0 Å². The van der Waals surface area contributed by atoms with Gasteiger partial charge in [0.2, 0.25) is 0 Å². The summed E-state index contributed by atoms with van der Waals surface area (Å²) in [6.45, 7) is 1.10. The fourth-order valence-electron chi connectivity index (χ4n) is 4.60. The molecule has 3 aromatic carbocycles. The number of hydrogen-bond donors (Lipinski definition) is 3. The average Bonchev–Trinajstić information content (AvgIpc) is 2.87. The van der Waals surface area contributed by atoms with Crippen LogP contribution >= 0.6 is 0 Å². The maximum absolute atomic E-state index is 10.8. The molecule has 0 heterocycles. The summed E-state index contributed by atoms with van der Waals surface area (Å²) in [6, 6.07) is 13.0. The van der Waals surface area contributed by atoms with Crippen molar-refractivity contribution in [3.05, 3.63) is 87.0 Å². The molecule has 0 fully saturated rings. The van der Waals surface area contributed by atoms with Crippen LogP contribution in [0.1, 0.15) is 50.4 Å². The molecule has 3 N–H and O–H groups in total. The minimum absolute atomic E-state index is 0.128. The Labute approximate surface area is 218 Å². The van der Waals surface area contributed by atoms with Gasteiger partial charge in [-0.2, -0.15) is 0 Å². The van der Waals surface area contributed by atoms with E-state index in [2.05, 4.69) is 0 Å². The van der Waals surface area contributed by atoms with Crippen LogP contribution in [-0.2, 0) is 56.7 Å². The summed E-state index contributed by atoms with van der Waals surface area (Å²) in [4.78, 5) is 0. The van der Waals surface area contributed by atoms with Crippen molar-refractivity contribution in [2.45, 2.75) is 39.0 Å². The van der Waals surface area contributed by atoms with E-state index in [1.807, 2.05) is 36.4 Å². The lowest BCUT2D eigenvalue weighted by Crippen LogP contribution is -2.09. The van der Waals surface area contributed by atoms with Gasteiger partial charge in [0.15, 0.2) is 0 Å². The topological polar surface area (TPSA) is 107 Å². The normalized spacial score (nSPS) is 11.4. The van der Waals surface area contributed by atoms with E-state index >= 15 is 0 Å². The third kappa shape index (κ3) is 6.60. The first-order valence-corrected chi connectivity index (χ1v) is 11.8. The second-order valence-corrected chi connectivity index (χ2v) is 8.86. The predicted molar refractivity (Wildman–Crippen MR) is 139 cm³/mol. The van der Waals surface area contributed by atoms with Crippen LogP contribution in [0.4, 0.5) is 0 Å². The van der Waals surface area contributed by atoms with Crippen molar-refractivity contribution in [3.8, 4) is 17.2 Å². The summed E-state index contributed by atoms with van der Waals surface area (Å²) in [6.07, 6.45) is 0. The molecule has 0 bridgehead atoms. The van der Waals surface area contributed by atoms with Crippen LogP contribution in [0.5, 0.6) is 17.2 Å². The molecule has 0 amide bonds. The standard InChI is InChI=1S/C29H36O8/c1-33-13-21-8-18(6-7-26(21)30)27(19-9-22(14-34-2)28(31)23(10-19)15-35-3)20-11-24(16-36-4)29(32)25(12-20)17-37-5/h6-12,27,30-32H,13-17H2,1-5H3. The van der Waals surface area contributed by atoms with Crippen molar-refractivity contribution in [2.75, 3.05) is 35.5 Å². The van der Waals surface area contributed by atoms with E-state index in [0.29, 0.717) is 27.8 Å². The quantitative estimate of drug-likeness (QED) is 0.283. The van der Waals surface area contributed by atoms with E-state index in [4.69, 9.17) is 23.7 Å². The van der Waals surface area contributed by atoms with Crippen molar-refractivity contribution in [2.24, 2.45) is 0 Å². The lowest BCUT2D eigenvalue weighted by Gasteiger charge is -2.24. The number of methoxy groups -OCH3 is 5. The zero-order valence-corrected chi connectivity index (χ0v) is 22.0. The fraction of sp³-hybridized carbons (Fsp3) is 0.379. The zero-order valence-electron chi connectivity index (χ0n) is 22.0. The van der Waals surface area contributed by atoms with Gasteiger partial charge >= 0.3 is 0 Å².